The number of piperazine rings is 1. The third-order valence-corrected chi connectivity index (χ3v) is 3.24. The van der Waals surface area contributed by atoms with Gasteiger partial charge >= 0.3 is 0 Å². The highest BCUT2D eigenvalue weighted by Crippen LogP contribution is 2.21. The van der Waals surface area contributed by atoms with Crippen LogP contribution >= 0.6 is 11.3 Å². The first-order valence-electron chi connectivity index (χ1n) is 4.80. The van der Waals surface area contributed by atoms with Crippen molar-refractivity contribution < 1.29 is 4.74 Å². The van der Waals surface area contributed by atoms with E-state index in [1.54, 1.807) is 18.4 Å². The smallest absolute Gasteiger partial charge is 0.273 e. The predicted molar refractivity (Wildman–Crippen MR) is 56.8 cm³/mol. The van der Waals surface area contributed by atoms with Crippen molar-refractivity contribution in [2.45, 2.75) is 6.54 Å². The van der Waals surface area contributed by atoms with Gasteiger partial charge in [-0.25, -0.2) is 4.98 Å². The van der Waals surface area contributed by atoms with Crippen molar-refractivity contribution in [3.8, 4) is 5.19 Å². The maximum Gasteiger partial charge on any atom is 0.273 e. The normalized spacial score (nSPS) is 18.4. The van der Waals surface area contributed by atoms with E-state index < -0.39 is 0 Å². The Labute approximate surface area is 87.9 Å². The Bertz CT molecular complexity index is 283. The van der Waals surface area contributed by atoms with Gasteiger partial charge in [-0.05, 0) is 0 Å². The van der Waals surface area contributed by atoms with Crippen molar-refractivity contribution in [1.82, 2.24) is 15.2 Å². The fraction of sp³-hybridized carbons (Fsp3) is 0.667. The van der Waals surface area contributed by atoms with Gasteiger partial charge in [0.25, 0.3) is 5.19 Å². The molecule has 1 aromatic rings. The number of thiazole rings is 1. The number of aromatic nitrogens is 1. The first-order valence-corrected chi connectivity index (χ1v) is 5.62. The maximum absolute atomic E-state index is 5.06. The van der Waals surface area contributed by atoms with Crippen molar-refractivity contribution in [3.05, 3.63) is 11.1 Å². The van der Waals surface area contributed by atoms with Gasteiger partial charge < -0.3 is 10.1 Å². The van der Waals surface area contributed by atoms with Crippen LogP contribution in [0.1, 0.15) is 4.88 Å². The van der Waals surface area contributed by atoms with Crippen LogP contribution in [0.2, 0.25) is 0 Å². The Hall–Kier alpha value is -0.650. The van der Waals surface area contributed by atoms with E-state index >= 15 is 0 Å². The van der Waals surface area contributed by atoms with Gasteiger partial charge in [-0.3, -0.25) is 4.90 Å². The van der Waals surface area contributed by atoms with Crippen LogP contribution in [0.5, 0.6) is 5.19 Å². The van der Waals surface area contributed by atoms with E-state index in [1.807, 2.05) is 6.20 Å². The van der Waals surface area contributed by atoms with Gasteiger partial charge in [0.1, 0.15) is 0 Å². The standard InChI is InChI=1S/C9H15N3OS/c1-13-9-11-6-8(14-9)7-12-4-2-10-3-5-12/h6,10H,2-5,7H2,1H3. The second kappa shape index (κ2) is 4.72. The molecule has 2 rings (SSSR count). The van der Waals surface area contributed by atoms with Crippen LogP contribution in [0.4, 0.5) is 0 Å². The lowest BCUT2D eigenvalue weighted by Crippen LogP contribution is -2.42. The minimum atomic E-state index is 0.759. The molecular formula is C9H15N3OS. The summed E-state index contributed by atoms with van der Waals surface area (Å²) in [6.45, 7) is 5.44. The molecule has 2 heterocycles. The lowest BCUT2D eigenvalue weighted by Gasteiger charge is -2.26. The Kier molecular flexibility index (Phi) is 3.34. The van der Waals surface area contributed by atoms with Crippen molar-refractivity contribution in [2.75, 3.05) is 33.3 Å². The molecule has 4 nitrogen and oxygen atoms in total. The quantitative estimate of drug-likeness (QED) is 0.796. The summed E-state index contributed by atoms with van der Waals surface area (Å²) in [5.74, 6) is 0. The molecule has 1 N–H and O–H groups in total. The molecule has 14 heavy (non-hydrogen) atoms. The number of hydrogen-bond donors (Lipinski definition) is 1. The molecule has 0 atom stereocenters. The molecule has 0 spiro atoms. The minimum Gasteiger partial charge on any atom is -0.473 e. The third-order valence-electron chi connectivity index (χ3n) is 2.30. The van der Waals surface area contributed by atoms with Crippen molar-refractivity contribution >= 4 is 11.3 Å². The second-order valence-electron chi connectivity index (χ2n) is 3.32. The van der Waals surface area contributed by atoms with Crippen LogP contribution in [0, 0.1) is 0 Å². The molecule has 0 radical (unpaired) electrons. The van der Waals surface area contributed by atoms with Crippen LogP contribution in [0.3, 0.4) is 0 Å². The largest absolute Gasteiger partial charge is 0.473 e. The van der Waals surface area contributed by atoms with E-state index in [-0.39, 0.29) is 0 Å². The van der Waals surface area contributed by atoms with E-state index in [9.17, 15) is 0 Å². The van der Waals surface area contributed by atoms with Gasteiger partial charge in [0.15, 0.2) is 0 Å². The van der Waals surface area contributed by atoms with Crippen LogP contribution in [-0.4, -0.2) is 43.2 Å². The van der Waals surface area contributed by atoms with E-state index in [0.29, 0.717) is 0 Å². The van der Waals surface area contributed by atoms with Crippen molar-refractivity contribution in [2.24, 2.45) is 0 Å². The number of hydrogen-bond acceptors (Lipinski definition) is 5. The van der Waals surface area contributed by atoms with E-state index in [4.69, 9.17) is 4.74 Å². The fourth-order valence-corrected chi connectivity index (χ4v) is 2.31. The van der Waals surface area contributed by atoms with Gasteiger partial charge in [0.05, 0.1) is 7.11 Å². The molecule has 1 aliphatic heterocycles. The zero-order valence-electron chi connectivity index (χ0n) is 8.32. The molecule has 0 amide bonds. The monoisotopic (exact) mass is 213 g/mol. The average Bonchev–Trinajstić information content (AvgIpc) is 2.67. The lowest BCUT2D eigenvalue weighted by molar-refractivity contribution is 0.235. The zero-order chi connectivity index (χ0) is 9.80. The number of nitrogens with zero attached hydrogens (tertiary/aromatic N) is 2. The van der Waals surface area contributed by atoms with Crippen molar-refractivity contribution in [1.29, 1.82) is 0 Å². The van der Waals surface area contributed by atoms with E-state index in [2.05, 4.69) is 15.2 Å². The summed E-state index contributed by atoms with van der Waals surface area (Å²) in [7, 11) is 1.66. The summed E-state index contributed by atoms with van der Waals surface area (Å²) >= 11 is 1.63. The molecule has 0 aliphatic carbocycles. The van der Waals surface area contributed by atoms with Crippen molar-refractivity contribution in [3.63, 3.8) is 0 Å². The van der Waals surface area contributed by atoms with Gasteiger partial charge in [0, 0.05) is 43.8 Å². The van der Waals surface area contributed by atoms with E-state index in [0.717, 1.165) is 37.9 Å². The SMILES string of the molecule is COc1ncc(CN2CCNCC2)s1. The average molecular weight is 213 g/mol. The Morgan fingerprint density at radius 2 is 2.36 bits per heavy atom. The number of nitrogens with one attached hydrogen (secondary N) is 1. The second-order valence-corrected chi connectivity index (χ2v) is 4.40. The first-order chi connectivity index (χ1) is 6.88. The summed E-state index contributed by atoms with van der Waals surface area (Å²) in [6, 6.07) is 0. The summed E-state index contributed by atoms with van der Waals surface area (Å²) < 4.78 is 5.06. The first kappa shape index (κ1) is 9.89. The highest BCUT2D eigenvalue weighted by molar-refractivity contribution is 7.13. The van der Waals surface area contributed by atoms with Gasteiger partial charge in [-0.1, -0.05) is 11.3 Å². The molecule has 1 aliphatic rings. The number of methoxy groups -OCH3 is 1. The summed E-state index contributed by atoms with van der Waals surface area (Å²) in [6.07, 6.45) is 1.91. The molecule has 1 fully saturated rings. The topological polar surface area (TPSA) is 37.4 Å². The molecule has 78 valence electrons. The molecule has 0 aromatic carbocycles. The van der Waals surface area contributed by atoms with Gasteiger partial charge in [-0.2, -0.15) is 0 Å². The molecule has 0 bridgehead atoms. The molecular weight excluding hydrogens is 198 g/mol. The molecule has 5 heteroatoms. The van der Waals surface area contributed by atoms with Crippen LogP contribution in [0.15, 0.2) is 6.20 Å². The van der Waals surface area contributed by atoms with Gasteiger partial charge in [0.2, 0.25) is 0 Å². The summed E-state index contributed by atoms with van der Waals surface area (Å²) in [5, 5.41) is 4.10. The summed E-state index contributed by atoms with van der Waals surface area (Å²) in [4.78, 5) is 7.87. The highest BCUT2D eigenvalue weighted by Gasteiger charge is 2.11. The molecule has 0 saturated carbocycles. The fourth-order valence-electron chi connectivity index (χ4n) is 1.55. The van der Waals surface area contributed by atoms with Gasteiger partial charge in [-0.15, -0.1) is 0 Å². The third kappa shape index (κ3) is 2.43. The van der Waals surface area contributed by atoms with E-state index in [1.165, 1.54) is 4.88 Å². The lowest BCUT2D eigenvalue weighted by atomic mass is 10.3. The number of ether oxygens (including phenoxy) is 1. The van der Waals surface area contributed by atoms with Crippen LogP contribution in [-0.2, 0) is 6.54 Å². The van der Waals surface area contributed by atoms with Crippen LogP contribution in [0.25, 0.3) is 0 Å². The Balaban J connectivity index is 1.89. The predicted octanol–water partition coefficient (Wildman–Crippen LogP) is 0.557. The summed E-state index contributed by atoms with van der Waals surface area (Å²) in [5.41, 5.74) is 0. The van der Waals surface area contributed by atoms with Crippen LogP contribution < -0.4 is 10.1 Å². The molecule has 0 unspecified atom stereocenters. The molecule has 1 aromatic heterocycles. The Morgan fingerprint density at radius 1 is 1.57 bits per heavy atom. The molecule has 1 saturated heterocycles. The Morgan fingerprint density at radius 3 is 3.00 bits per heavy atom. The highest BCUT2D eigenvalue weighted by atomic mass is 32.1. The minimum absolute atomic E-state index is 0.759. The maximum atomic E-state index is 5.06. The zero-order valence-corrected chi connectivity index (χ0v) is 9.14. The number of rotatable bonds is 3.